The van der Waals surface area contributed by atoms with Crippen LogP contribution in [0.2, 0.25) is 0 Å². The fourth-order valence-corrected chi connectivity index (χ4v) is 2.68. The van der Waals surface area contributed by atoms with E-state index in [4.69, 9.17) is 5.11 Å². The van der Waals surface area contributed by atoms with Gasteiger partial charge in [-0.05, 0) is 48.9 Å². The second-order valence-corrected chi connectivity index (χ2v) is 5.54. The molecule has 1 heterocycles. The van der Waals surface area contributed by atoms with Crippen LogP contribution in [0, 0.1) is 0 Å². The minimum Gasteiger partial charge on any atom is -0.478 e. The normalized spacial score (nSPS) is 18.1. The van der Waals surface area contributed by atoms with Gasteiger partial charge in [-0.3, -0.25) is 0 Å². The smallest absolute Gasteiger partial charge is 0.335 e. The van der Waals surface area contributed by atoms with E-state index in [0.717, 1.165) is 30.4 Å². The number of benzene rings is 1. The molecule has 2 aliphatic rings. The molecule has 5 heteroatoms. The first-order valence-corrected chi connectivity index (χ1v) is 7.04. The Labute approximate surface area is 117 Å². The molecule has 1 aliphatic carbocycles. The van der Waals surface area contributed by atoms with Crippen molar-refractivity contribution < 1.29 is 14.7 Å². The second-order valence-electron chi connectivity index (χ2n) is 5.54. The highest BCUT2D eigenvalue weighted by molar-refractivity contribution is 5.88. The number of carboxylic acid groups (broad SMARTS) is 1. The quantitative estimate of drug-likeness (QED) is 0.866. The minimum absolute atomic E-state index is 0.0268. The highest BCUT2D eigenvalue weighted by atomic mass is 16.4. The second kappa shape index (κ2) is 5.15. The van der Waals surface area contributed by atoms with Crippen LogP contribution in [0.25, 0.3) is 0 Å². The van der Waals surface area contributed by atoms with Crippen molar-refractivity contribution >= 4 is 12.0 Å². The molecular formula is C15H18N2O3. The lowest BCUT2D eigenvalue weighted by atomic mass is 9.93. The van der Waals surface area contributed by atoms with Crippen molar-refractivity contribution in [1.29, 1.82) is 0 Å². The van der Waals surface area contributed by atoms with Crippen LogP contribution in [-0.4, -0.2) is 34.6 Å². The number of carboxylic acids is 1. The molecule has 0 saturated heterocycles. The Morgan fingerprint density at radius 3 is 2.70 bits per heavy atom. The van der Waals surface area contributed by atoms with Crippen molar-refractivity contribution in [3.05, 3.63) is 34.9 Å². The Balaban J connectivity index is 1.71. The zero-order valence-corrected chi connectivity index (χ0v) is 11.3. The molecule has 0 atom stereocenters. The summed E-state index contributed by atoms with van der Waals surface area (Å²) in [6.07, 6.45) is 4.11. The molecule has 1 fully saturated rings. The number of hydrogen-bond acceptors (Lipinski definition) is 2. The lowest BCUT2D eigenvalue weighted by Crippen LogP contribution is -2.48. The summed E-state index contributed by atoms with van der Waals surface area (Å²) in [5, 5.41) is 12.1. The lowest BCUT2D eigenvalue weighted by Gasteiger charge is -2.33. The van der Waals surface area contributed by atoms with E-state index in [1.807, 2.05) is 6.07 Å². The standard InChI is InChI=1S/C15H18N2O3/c18-14(19)11-5-4-10-6-7-17(9-12(10)8-11)15(20)16-13-2-1-3-13/h4-5,8,13H,1-3,6-7,9H2,(H,16,20)(H,18,19). The Hall–Kier alpha value is -2.04. The molecule has 1 aromatic carbocycles. The van der Waals surface area contributed by atoms with Crippen molar-refractivity contribution in [2.75, 3.05) is 6.54 Å². The fourth-order valence-electron chi connectivity index (χ4n) is 2.68. The molecule has 1 aromatic rings. The zero-order valence-electron chi connectivity index (χ0n) is 11.3. The molecule has 1 saturated carbocycles. The number of rotatable bonds is 2. The number of hydrogen-bond donors (Lipinski definition) is 2. The number of amides is 2. The predicted molar refractivity (Wildman–Crippen MR) is 73.7 cm³/mol. The summed E-state index contributed by atoms with van der Waals surface area (Å²) in [5.41, 5.74) is 2.37. The molecular weight excluding hydrogens is 256 g/mol. The van der Waals surface area contributed by atoms with Crippen LogP contribution in [0.15, 0.2) is 18.2 Å². The average Bonchev–Trinajstić information content (AvgIpc) is 2.41. The number of urea groups is 1. The maximum Gasteiger partial charge on any atom is 0.335 e. The van der Waals surface area contributed by atoms with Gasteiger partial charge in [0.2, 0.25) is 0 Å². The SMILES string of the molecule is O=C(O)c1ccc2c(c1)CN(C(=O)NC1CCC1)CC2. The van der Waals surface area contributed by atoms with Gasteiger partial charge in [-0.25, -0.2) is 9.59 Å². The Morgan fingerprint density at radius 1 is 1.25 bits per heavy atom. The van der Waals surface area contributed by atoms with E-state index in [2.05, 4.69) is 5.32 Å². The van der Waals surface area contributed by atoms with Gasteiger partial charge in [0.15, 0.2) is 0 Å². The third-order valence-electron chi connectivity index (χ3n) is 4.19. The van der Waals surface area contributed by atoms with E-state index in [1.54, 1.807) is 17.0 Å². The number of nitrogens with zero attached hydrogens (tertiary/aromatic N) is 1. The van der Waals surface area contributed by atoms with E-state index in [1.165, 1.54) is 6.42 Å². The molecule has 0 aromatic heterocycles. The summed E-state index contributed by atoms with van der Waals surface area (Å²) >= 11 is 0. The number of carbonyl (C=O) groups excluding carboxylic acids is 1. The van der Waals surface area contributed by atoms with Gasteiger partial charge in [0, 0.05) is 19.1 Å². The molecule has 2 N–H and O–H groups in total. The average molecular weight is 274 g/mol. The van der Waals surface area contributed by atoms with Crippen molar-refractivity contribution in [2.24, 2.45) is 0 Å². The van der Waals surface area contributed by atoms with E-state index in [9.17, 15) is 9.59 Å². The van der Waals surface area contributed by atoms with Crippen molar-refractivity contribution in [1.82, 2.24) is 10.2 Å². The predicted octanol–water partition coefficient (Wildman–Crippen LogP) is 2.00. The molecule has 0 unspecified atom stereocenters. The fraction of sp³-hybridized carbons (Fsp3) is 0.467. The summed E-state index contributed by atoms with van der Waals surface area (Å²) in [7, 11) is 0. The van der Waals surface area contributed by atoms with Crippen LogP contribution in [-0.2, 0) is 13.0 Å². The molecule has 1 aliphatic heterocycles. The number of carbonyl (C=O) groups is 2. The van der Waals surface area contributed by atoms with Crippen LogP contribution in [0.5, 0.6) is 0 Å². The summed E-state index contributed by atoms with van der Waals surface area (Å²) in [5.74, 6) is -0.927. The Bertz CT molecular complexity index is 552. The largest absolute Gasteiger partial charge is 0.478 e. The van der Waals surface area contributed by atoms with Crippen LogP contribution in [0.3, 0.4) is 0 Å². The topological polar surface area (TPSA) is 69.6 Å². The molecule has 0 spiro atoms. The molecule has 20 heavy (non-hydrogen) atoms. The number of aromatic carboxylic acids is 1. The molecule has 5 nitrogen and oxygen atoms in total. The minimum atomic E-state index is -0.927. The third-order valence-corrected chi connectivity index (χ3v) is 4.19. The van der Waals surface area contributed by atoms with Crippen LogP contribution >= 0.6 is 0 Å². The first-order chi connectivity index (χ1) is 9.63. The molecule has 106 valence electrons. The van der Waals surface area contributed by atoms with Gasteiger partial charge in [-0.1, -0.05) is 6.07 Å². The van der Waals surface area contributed by atoms with Crippen LogP contribution in [0.4, 0.5) is 4.79 Å². The van der Waals surface area contributed by atoms with Gasteiger partial charge >= 0.3 is 12.0 Å². The van der Waals surface area contributed by atoms with E-state index in [-0.39, 0.29) is 11.6 Å². The Kier molecular flexibility index (Phi) is 3.34. The van der Waals surface area contributed by atoms with E-state index in [0.29, 0.717) is 19.1 Å². The molecule has 2 amide bonds. The summed E-state index contributed by atoms with van der Waals surface area (Å²) in [4.78, 5) is 24.9. The first-order valence-electron chi connectivity index (χ1n) is 7.04. The lowest BCUT2D eigenvalue weighted by molar-refractivity contribution is 0.0696. The van der Waals surface area contributed by atoms with Gasteiger partial charge in [-0.15, -0.1) is 0 Å². The molecule has 0 radical (unpaired) electrons. The van der Waals surface area contributed by atoms with E-state index < -0.39 is 5.97 Å². The molecule has 3 rings (SSSR count). The first kappa shape index (κ1) is 13.0. The summed E-state index contributed by atoms with van der Waals surface area (Å²) in [6.45, 7) is 1.19. The monoisotopic (exact) mass is 274 g/mol. The number of fused-ring (bicyclic) bond motifs is 1. The van der Waals surface area contributed by atoms with Gasteiger partial charge in [0.25, 0.3) is 0 Å². The zero-order chi connectivity index (χ0) is 14.1. The van der Waals surface area contributed by atoms with E-state index >= 15 is 0 Å². The van der Waals surface area contributed by atoms with Crippen molar-refractivity contribution in [3.63, 3.8) is 0 Å². The van der Waals surface area contributed by atoms with Gasteiger partial charge in [0.1, 0.15) is 0 Å². The maximum atomic E-state index is 12.1. The summed E-state index contributed by atoms with van der Waals surface area (Å²) < 4.78 is 0. The number of nitrogens with one attached hydrogen (secondary N) is 1. The van der Waals surface area contributed by atoms with Gasteiger partial charge in [-0.2, -0.15) is 0 Å². The highest BCUT2D eigenvalue weighted by Gasteiger charge is 2.25. The highest BCUT2D eigenvalue weighted by Crippen LogP contribution is 2.22. The summed E-state index contributed by atoms with van der Waals surface area (Å²) in [6, 6.07) is 5.47. The molecule has 0 bridgehead atoms. The maximum absolute atomic E-state index is 12.1. The van der Waals surface area contributed by atoms with Gasteiger partial charge in [0.05, 0.1) is 5.56 Å². The van der Waals surface area contributed by atoms with Crippen LogP contribution < -0.4 is 5.32 Å². The third kappa shape index (κ3) is 2.48. The van der Waals surface area contributed by atoms with Crippen molar-refractivity contribution in [2.45, 2.75) is 38.3 Å². The van der Waals surface area contributed by atoms with Crippen LogP contribution in [0.1, 0.15) is 40.7 Å². The Morgan fingerprint density at radius 2 is 2.05 bits per heavy atom. The van der Waals surface area contributed by atoms with Gasteiger partial charge < -0.3 is 15.3 Å². The van der Waals surface area contributed by atoms with Crippen molar-refractivity contribution in [3.8, 4) is 0 Å².